The first-order chi connectivity index (χ1) is 13.9. The first-order valence-corrected chi connectivity index (χ1v) is 9.37. The van der Waals surface area contributed by atoms with E-state index < -0.39 is 18.0 Å². The molecule has 10 heteroatoms. The molecule has 2 aromatic rings. The number of hydrogen-bond acceptors (Lipinski definition) is 6. The number of para-hydroxylation sites is 1. The van der Waals surface area contributed by atoms with Crippen LogP contribution in [0.3, 0.4) is 0 Å². The van der Waals surface area contributed by atoms with Crippen molar-refractivity contribution in [3.8, 4) is 0 Å². The van der Waals surface area contributed by atoms with Crippen LogP contribution in [0, 0.1) is 0 Å². The van der Waals surface area contributed by atoms with Crippen LogP contribution in [0.25, 0.3) is 0 Å². The molecule has 1 saturated heterocycles. The van der Waals surface area contributed by atoms with Crippen molar-refractivity contribution in [3.05, 3.63) is 60.2 Å². The van der Waals surface area contributed by atoms with Crippen molar-refractivity contribution in [2.75, 3.05) is 23.3 Å². The second-order valence-electron chi connectivity index (χ2n) is 6.90. The minimum atomic E-state index is -4.44. The number of alkyl halides is 3. The van der Waals surface area contributed by atoms with E-state index in [0.717, 1.165) is 43.8 Å². The molecular weight excluding hydrogens is 417 g/mol. The van der Waals surface area contributed by atoms with Crippen molar-refractivity contribution in [1.29, 1.82) is 0 Å². The molecule has 6 nitrogen and oxygen atoms in total. The number of aliphatic imine (C=N–C) groups is 2. The largest absolute Gasteiger partial charge is 0.416 e. The summed E-state index contributed by atoms with van der Waals surface area (Å²) in [7, 11) is 0. The van der Waals surface area contributed by atoms with Crippen LogP contribution in [0.1, 0.15) is 18.4 Å². The van der Waals surface area contributed by atoms with Gasteiger partial charge in [-0.1, -0.05) is 24.3 Å². The van der Waals surface area contributed by atoms with Gasteiger partial charge in [0.2, 0.25) is 18.2 Å². The summed E-state index contributed by atoms with van der Waals surface area (Å²) in [5, 5.41) is 3.24. The van der Waals surface area contributed by atoms with Gasteiger partial charge in [0, 0.05) is 24.5 Å². The lowest BCUT2D eigenvalue weighted by Crippen LogP contribution is -2.54. The molecule has 30 heavy (non-hydrogen) atoms. The number of guanidine groups is 2. The molecule has 3 N–H and O–H groups in total. The van der Waals surface area contributed by atoms with Crippen LogP contribution in [0.15, 0.2) is 64.6 Å². The zero-order chi connectivity index (χ0) is 20.4. The van der Waals surface area contributed by atoms with Gasteiger partial charge >= 0.3 is 6.18 Å². The standard InChI is InChI=1S/C20H21F3N6.ClH/c21-20(22,23)14-7-6-10-16(13-14)29-18(25-15-8-2-1-3-9-15)26-17(24)27-19(29)28-11-4-5-12-28;/h1-3,6-10,13,18,25H,4-5,11-12H2,(H2,24,26);1H. The molecule has 0 aliphatic carbocycles. The summed E-state index contributed by atoms with van der Waals surface area (Å²) >= 11 is 0. The first kappa shape index (κ1) is 21.8. The highest BCUT2D eigenvalue weighted by molar-refractivity contribution is 6.06. The van der Waals surface area contributed by atoms with Crippen LogP contribution in [0.2, 0.25) is 0 Å². The Hall–Kier alpha value is -2.94. The maximum atomic E-state index is 13.3. The minimum Gasteiger partial charge on any atom is -0.368 e. The summed E-state index contributed by atoms with van der Waals surface area (Å²) in [6.45, 7) is 1.53. The number of benzene rings is 2. The van der Waals surface area contributed by atoms with E-state index >= 15 is 0 Å². The van der Waals surface area contributed by atoms with Gasteiger partial charge in [0.25, 0.3) is 0 Å². The summed E-state index contributed by atoms with van der Waals surface area (Å²) in [5.74, 6) is 0.589. The van der Waals surface area contributed by atoms with Gasteiger partial charge in [-0.15, -0.1) is 12.4 Å². The maximum absolute atomic E-state index is 13.3. The molecule has 0 aromatic heterocycles. The molecule has 0 bridgehead atoms. The third-order valence-corrected chi connectivity index (χ3v) is 4.84. The zero-order valence-electron chi connectivity index (χ0n) is 16.0. The molecule has 2 aliphatic rings. The minimum absolute atomic E-state index is 0. The van der Waals surface area contributed by atoms with E-state index in [4.69, 9.17) is 5.73 Å². The molecule has 0 saturated carbocycles. The summed E-state index contributed by atoms with van der Waals surface area (Å²) in [6, 6.07) is 14.5. The summed E-state index contributed by atoms with van der Waals surface area (Å²) < 4.78 is 40.0. The highest BCUT2D eigenvalue weighted by atomic mass is 35.5. The molecule has 1 fully saturated rings. The van der Waals surface area contributed by atoms with E-state index in [9.17, 15) is 13.2 Å². The normalized spacial score (nSPS) is 19.1. The molecule has 160 valence electrons. The summed E-state index contributed by atoms with van der Waals surface area (Å²) in [6.07, 6.45) is -3.19. The maximum Gasteiger partial charge on any atom is 0.416 e. The Morgan fingerprint density at radius 3 is 2.37 bits per heavy atom. The van der Waals surface area contributed by atoms with Crippen molar-refractivity contribution < 1.29 is 13.2 Å². The Bertz CT molecular complexity index is 926. The van der Waals surface area contributed by atoms with Crippen molar-refractivity contribution in [2.45, 2.75) is 25.3 Å². The molecule has 0 radical (unpaired) electrons. The van der Waals surface area contributed by atoms with E-state index in [1.807, 2.05) is 35.2 Å². The van der Waals surface area contributed by atoms with E-state index in [0.29, 0.717) is 11.6 Å². The topological polar surface area (TPSA) is 69.2 Å². The molecule has 0 spiro atoms. The average Bonchev–Trinajstić information content (AvgIpc) is 3.22. The second kappa shape index (κ2) is 8.83. The number of likely N-dealkylation sites (tertiary alicyclic amines) is 1. The zero-order valence-corrected chi connectivity index (χ0v) is 16.8. The van der Waals surface area contributed by atoms with E-state index in [-0.39, 0.29) is 18.4 Å². The molecule has 2 aromatic carbocycles. The fraction of sp³-hybridized carbons (Fsp3) is 0.300. The lowest BCUT2D eigenvalue weighted by Gasteiger charge is -2.38. The fourth-order valence-electron chi connectivity index (χ4n) is 3.49. The van der Waals surface area contributed by atoms with Crippen LogP contribution in [0.4, 0.5) is 24.5 Å². The van der Waals surface area contributed by atoms with E-state index in [1.165, 1.54) is 6.07 Å². The van der Waals surface area contributed by atoms with Crippen LogP contribution < -0.4 is 16.0 Å². The van der Waals surface area contributed by atoms with Gasteiger partial charge in [0.05, 0.1) is 5.56 Å². The molecule has 2 heterocycles. The lowest BCUT2D eigenvalue weighted by molar-refractivity contribution is -0.137. The van der Waals surface area contributed by atoms with E-state index in [2.05, 4.69) is 15.3 Å². The van der Waals surface area contributed by atoms with Crippen LogP contribution in [-0.4, -0.2) is 36.2 Å². The van der Waals surface area contributed by atoms with Crippen molar-refractivity contribution in [3.63, 3.8) is 0 Å². The van der Waals surface area contributed by atoms with Crippen molar-refractivity contribution >= 4 is 35.7 Å². The quantitative estimate of drug-likeness (QED) is 0.756. The van der Waals surface area contributed by atoms with Gasteiger partial charge < -0.3 is 16.0 Å². The van der Waals surface area contributed by atoms with Gasteiger partial charge in [0.1, 0.15) is 0 Å². The second-order valence-corrected chi connectivity index (χ2v) is 6.90. The molecule has 2 aliphatic heterocycles. The predicted octanol–water partition coefficient (Wildman–Crippen LogP) is 4.11. The number of nitrogens with one attached hydrogen (secondary N) is 1. The summed E-state index contributed by atoms with van der Waals surface area (Å²) in [4.78, 5) is 12.4. The van der Waals surface area contributed by atoms with Gasteiger partial charge in [-0.25, -0.2) is 4.99 Å². The number of rotatable bonds is 3. The Labute approximate surface area is 178 Å². The first-order valence-electron chi connectivity index (χ1n) is 9.37. The number of nitrogens with zero attached hydrogens (tertiary/aromatic N) is 4. The van der Waals surface area contributed by atoms with Crippen LogP contribution in [-0.2, 0) is 6.18 Å². The average molecular weight is 439 g/mol. The third-order valence-electron chi connectivity index (χ3n) is 4.84. The monoisotopic (exact) mass is 438 g/mol. The number of anilines is 2. The molecule has 1 atom stereocenters. The fourth-order valence-corrected chi connectivity index (χ4v) is 3.49. The Morgan fingerprint density at radius 2 is 1.70 bits per heavy atom. The van der Waals surface area contributed by atoms with Crippen molar-refractivity contribution in [1.82, 2.24) is 4.90 Å². The van der Waals surface area contributed by atoms with E-state index in [1.54, 1.807) is 11.0 Å². The number of nitrogens with two attached hydrogens (primary N) is 1. The lowest BCUT2D eigenvalue weighted by atomic mass is 10.2. The summed E-state index contributed by atoms with van der Waals surface area (Å²) in [5.41, 5.74) is 6.35. The predicted molar refractivity (Wildman–Crippen MR) is 115 cm³/mol. The highest BCUT2D eigenvalue weighted by Gasteiger charge is 2.35. The Kier molecular flexibility index (Phi) is 6.40. The highest BCUT2D eigenvalue weighted by Crippen LogP contribution is 2.33. The van der Waals surface area contributed by atoms with Gasteiger partial charge in [-0.2, -0.15) is 18.2 Å². The third kappa shape index (κ3) is 4.62. The Balaban J connectivity index is 0.00000256. The smallest absolute Gasteiger partial charge is 0.368 e. The number of hydrogen-bond donors (Lipinski definition) is 2. The molecule has 1 unspecified atom stereocenters. The Morgan fingerprint density at radius 1 is 1.00 bits per heavy atom. The molecule has 0 amide bonds. The molecule has 4 rings (SSSR count). The number of halogens is 4. The van der Waals surface area contributed by atoms with Crippen molar-refractivity contribution in [2.24, 2.45) is 15.7 Å². The van der Waals surface area contributed by atoms with Crippen LogP contribution >= 0.6 is 12.4 Å². The van der Waals surface area contributed by atoms with Gasteiger partial charge in [-0.3, -0.25) is 4.90 Å². The SMILES string of the molecule is Cl.NC1=NC(Nc2ccccc2)N(c2cccc(C(F)(F)F)c2)C(N2CCCC2)=N1. The van der Waals surface area contributed by atoms with Gasteiger partial charge in [0.15, 0.2) is 0 Å². The van der Waals surface area contributed by atoms with Crippen LogP contribution in [0.5, 0.6) is 0 Å². The van der Waals surface area contributed by atoms with Gasteiger partial charge in [-0.05, 0) is 43.2 Å². The molecular formula is C20H22ClF3N6.